The number of nitrogens with zero attached hydrogens (tertiary/aromatic N) is 2. The number of nitro groups is 1. The standard InChI is InChI=1S/C19H24N2O5/c1-19(2,3)26-18(22)20-10-14-7-13(8-15(14)11-20)12-5-6-16(21(23)24)17(9-12)25-4/h5-7,9,14-15H,8,10-11H2,1-4H3/t14-,15+/m1/s1. The summed E-state index contributed by atoms with van der Waals surface area (Å²) in [5.41, 5.74) is 1.55. The summed E-state index contributed by atoms with van der Waals surface area (Å²) in [6.07, 6.45) is 2.75. The lowest BCUT2D eigenvalue weighted by atomic mass is 9.98. The lowest BCUT2D eigenvalue weighted by molar-refractivity contribution is -0.385. The highest BCUT2D eigenvalue weighted by atomic mass is 16.6. The van der Waals surface area contributed by atoms with Gasteiger partial charge in [0.15, 0.2) is 5.75 Å². The molecule has 0 bridgehead atoms. The molecule has 2 atom stereocenters. The highest BCUT2D eigenvalue weighted by Crippen LogP contribution is 2.42. The van der Waals surface area contributed by atoms with E-state index in [0.29, 0.717) is 24.9 Å². The second-order valence-electron chi connectivity index (χ2n) is 7.85. The largest absolute Gasteiger partial charge is 0.490 e. The zero-order chi connectivity index (χ0) is 19.1. The third-order valence-corrected chi connectivity index (χ3v) is 4.79. The van der Waals surface area contributed by atoms with Crippen molar-refractivity contribution in [2.75, 3.05) is 20.2 Å². The number of rotatable bonds is 3. The van der Waals surface area contributed by atoms with Gasteiger partial charge >= 0.3 is 11.8 Å². The third kappa shape index (κ3) is 3.66. The highest BCUT2D eigenvalue weighted by molar-refractivity contribution is 5.73. The summed E-state index contributed by atoms with van der Waals surface area (Å²) in [5.74, 6) is 0.915. The van der Waals surface area contributed by atoms with Gasteiger partial charge in [0.1, 0.15) is 5.60 Å². The van der Waals surface area contributed by atoms with Crippen LogP contribution in [0.4, 0.5) is 10.5 Å². The molecule has 0 saturated carbocycles. The molecule has 0 radical (unpaired) electrons. The summed E-state index contributed by atoms with van der Waals surface area (Å²) >= 11 is 0. The predicted molar refractivity (Wildman–Crippen MR) is 97.0 cm³/mol. The van der Waals surface area contributed by atoms with Crippen molar-refractivity contribution in [3.05, 3.63) is 40.0 Å². The van der Waals surface area contributed by atoms with Crippen molar-refractivity contribution < 1.29 is 19.2 Å². The lowest BCUT2D eigenvalue weighted by Gasteiger charge is -2.24. The van der Waals surface area contributed by atoms with Gasteiger partial charge in [0.2, 0.25) is 0 Å². The van der Waals surface area contributed by atoms with Gasteiger partial charge in [0, 0.05) is 19.2 Å². The van der Waals surface area contributed by atoms with Gasteiger partial charge in [-0.2, -0.15) is 0 Å². The number of hydrogen-bond acceptors (Lipinski definition) is 5. The van der Waals surface area contributed by atoms with Gasteiger partial charge < -0.3 is 14.4 Å². The maximum atomic E-state index is 12.2. The number of amides is 1. The second kappa shape index (κ2) is 6.63. The van der Waals surface area contributed by atoms with E-state index < -0.39 is 10.5 Å². The first-order valence-electron chi connectivity index (χ1n) is 8.69. The molecule has 26 heavy (non-hydrogen) atoms. The quantitative estimate of drug-likeness (QED) is 0.603. The summed E-state index contributed by atoms with van der Waals surface area (Å²) < 4.78 is 10.6. The number of methoxy groups -OCH3 is 1. The van der Waals surface area contributed by atoms with E-state index in [1.54, 1.807) is 17.0 Å². The minimum Gasteiger partial charge on any atom is -0.490 e. The number of benzene rings is 1. The first-order valence-corrected chi connectivity index (χ1v) is 8.69. The number of carbonyl (C=O) groups excluding carboxylic acids is 1. The molecule has 1 heterocycles. The van der Waals surface area contributed by atoms with Gasteiger partial charge in [-0.1, -0.05) is 6.08 Å². The Morgan fingerprint density at radius 1 is 1.31 bits per heavy atom. The Labute approximate surface area is 152 Å². The van der Waals surface area contributed by atoms with E-state index in [0.717, 1.165) is 17.6 Å². The van der Waals surface area contributed by atoms with Crippen LogP contribution in [0.1, 0.15) is 32.8 Å². The van der Waals surface area contributed by atoms with Gasteiger partial charge in [0.25, 0.3) is 0 Å². The van der Waals surface area contributed by atoms with Crippen molar-refractivity contribution in [2.24, 2.45) is 11.8 Å². The average molecular weight is 360 g/mol. The van der Waals surface area contributed by atoms with Crippen LogP contribution in [-0.2, 0) is 4.74 Å². The average Bonchev–Trinajstić information content (AvgIpc) is 3.11. The molecule has 0 unspecified atom stereocenters. The van der Waals surface area contributed by atoms with Crippen LogP contribution in [0.5, 0.6) is 5.75 Å². The van der Waals surface area contributed by atoms with Crippen LogP contribution in [0.15, 0.2) is 24.3 Å². The Morgan fingerprint density at radius 2 is 2.04 bits per heavy atom. The number of fused-ring (bicyclic) bond motifs is 1. The molecule has 1 aliphatic carbocycles. The molecule has 0 aromatic heterocycles. The molecule has 0 N–H and O–H groups in total. The van der Waals surface area contributed by atoms with E-state index in [9.17, 15) is 14.9 Å². The van der Waals surface area contributed by atoms with Crippen molar-refractivity contribution in [1.82, 2.24) is 4.90 Å². The fourth-order valence-corrected chi connectivity index (χ4v) is 3.63. The molecule has 2 aliphatic rings. The van der Waals surface area contributed by atoms with E-state index in [1.807, 2.05) is 20.8 Å². The van der Waals surface area contributed by atoms with Crippen LogP contribution in [0, 0.1) is 22.0 Å². The monoisotopic (exact) mass is 360 g/mol. The van der Waals surface area contributed by atoms with Crippen molar-refractivity contribution >= 4 is 17.4 Å². The van der Waals surface area contributed by atoms with Crippen LogP contribution < -0.4 is 4.74 Å². The predicted octanol–water partition coefficient (Wildman–Crippen LogP) is 3.87. The van der Waals surface area contributed by atoms with Crippen LogP contribution in [-0.4, -0.2) is 41.7 Å². The van der Waals surface area contributed by atoms with E-state index in [-0.39, 0.29) is 17.5 Å². The summed E-state index contributed by atoms with van der Waals surface area (Å²) in [6.45, 7) is 6.91. The molecule has 7 nitrogen and oxygen atoms in total. The van der Waals surface area contributed by atoms with Crippen LogP contribution in [0.2, 0.25) is 0 Å². The molecule has 1 fully saturated rings. The number of carbonyl (C=O) groups is 1. The minimum atomic E-state index is -0.495. The smallest absolute Gasteiger partial charge is 0.410 e. The first kappa shape index (κ1) is 18.2. The number of hydrogen-bond donors (Lipinski definition) is 0. The molecular weight excluding hydrogens is 336 g/mol. The molecule has 1 aliphatic heterocycles. The Hall–Kier alpha value is -2.57. The fraction of sp³-hybridized carbons (Fsp3) is 0.526. The molecule has 7 heteroatoms. The van der Waals surface area contributed by atoms with E-state index in [2.05, 4.69) is 6.08 Å². The van der Waals surface area contributed by atoms with Gasteiger partial charge in [0.05, 0.1) is 12.0 Å². The van der Waals surface area contributed by atoms with E-state index >= 15 is 0 Å². The maximum Gasteiger partial charge on any atom is 0.410 e. The van der Waals surface area contributed by atoms with Gasteiger partial charge in [-0.25, -0.2) is 4.79 Å². The van der Waals surface area contributed by atoms with Crippen molar-refractivity contribution in [2.45, 2.75) is 32.8 Å². The Morgan fingerprint density at radius 3 is 2.62 bits per heavy atom. The summed E-state index contributed by atoms with van der Waals surface area (Å²) in [4.78, 5) is 24.6. The first-order chi connectivity index (χ1) is 12.2. The summed E-state index contributed by atoms with van der Waals surface area (Å²) in [5, 5.41) is 11.0. The normalized spacial score (nSPS) is 22.0. The van der Waals surface area contributed by atoms with Crippen LogP contribution >= 0.6 is 0 Å². The summed E-state index contributed by atoms with van der Waals surface area (Å²) in [7, 11) is 1.43. The van der Waals surface area contributed by atoms with Crippen molar-refractivity contribution in [3.8, 4) is 5.75 Å². The second-order valence-corrected chi connectivity index (χ2v) is 7.85. The zero-order valence-corrected chi connectivity index (χ0v) is 15.5. The maximum absolute atomic E-state index is 12.2. The van der Waals surface area contributed by atoms with Gasteiger partial charge in [-0.15, -0.1) is 0 Å². The number of likely N-dealkylation sites (tertiary alicyclic amines) is 1. The molecule has 3 rings (SSSR count). The highest BCUT2D eigenvalue weighted by Gasteiger charge is 2.39. The Bertz CT molecular complexity index is 766. The zero-order valence-electron chi connectivity index (χ0n) is 15.5. The van der Waals surface area contributed by atoms with Crippen molar-refractivity contribution in [3.63, 3.8) is 0 Å². The summed E-state index contributed by atoms with van der Waals surface area (Å²) in [6, 6.07) is 4.96. The van der Waals surface area contributed by atoms with Crippen molar-refractivity contribution in [1.29, 1.82) is 0 Å². The topological polar surface area (TPSA) is 81.9 Å². The minimum absolute atomic E-state index is 0.0360. The molecule has 1 aromatic rings. The van der Waals surface area contributed by atoms with Gasteiger partial charge in [-0.05, 0) is 62.3 Å². The number of allylic oxidation sites excluding steroid dienone is 1. The Kier molecular flexibility index (Phi) is 4.64. The molecule has 140 valence electrons. The van der Waals surface area contributed by atoms with E-state index in [4.69, 9.17) is 9.47 Å². The molecular formula is C19H24N2O5. The number of nitro benzene ring substituents is 1. The van der Waals surface area contributed by atoms with Gasteiger partial charge in [-0.3, -0.25) is 10.1 Å². The molecule has 1 amide bonds. The number of ether oxygens (including phenoxy) is 2. The fourth-order valence-electron chi connectivity index (χ4n) is 3.63. The molecule has 0 spiro atoms. The SMILES string of the molecule is COc1cc(C2=C[C@@H]3CN(C(=O)OC(C)(C)C)C[C@@H]3C2)ccc1[N+](=O)[O-]. The van der Waals surface area contributed by atoms with E-state index in [1.165, 1.54) is 13.2 Å². The van der Waals surface area contributed by atoms with Crippen LogP contribution in [0.25, 0.3) is 5.57 Å². The Balaban J connectivity index is 1.72. The lowest BCUT2D eigenvalue weighted by Crippen LogP contribution is -2.35. The molecule has 1 saturated heterocycles. The van der Waals surface area contributed by atoms with Crippen LogP contribution in [0.3, 0.4) is 0 Å². The third-order valence-electron chi connectivity index (χ3n) is 4.79. The molecule has 1 aromatic carbocycles.